The Labute approximate surface area is 122 Å². The number of anilines is 1. The zero-order valence-electron chi connectivity index (χ0n) is 11.8. The second kappa shape index (κ2) is 5.24. The predicted molar refractivity (Wildman–Crippen MR) is 76.3 cm³/mol. The Morgan fingerprint density at radius 2 is 2.10 bits per heavy atom. The lowest BCUT2D eigenvalue weighted by molar-refractivity contribution is -0.387. The van der Waals surface area contributed by atoms with Gasteiger partial charge in [-0.3, -0.25) is 10.1 Å². The molecule has 0 atom stereocenters. The van der Waals surface area contributed by atoms with Crippen LogP contribution in [0.15, 0.2) is 23.1 Å². The zero-order valence-corrected chi connectivity index (χ0v) is 12.6. The van der Waals surface area contributed by atoms with E-state index < -0.39 is 26.2 Å². The molecule has 116 valence electrons. The molecule has 1 heterocycles. The van der Waals surface area contributed by atoms with Crippen molar-refractivity contribution in [2.45, 2.75) is 24.3 Å². The van der Waals surface area contributed by atoms with Crippen molar-refractivity contribution < 1.29 is 18.1 Å². The highest BCUT2D eigenvalue weighted by Gasteiger charge is 2.42. The van der Waals surface area contributed by atoms with Crippen LogP contribution in [0.1, 0.15) is 13.8 Å². The maximum absolute atomic E-state index is 12.8. The molecule has 0 radical (unpaired) electrons. The van der Waals surface area contributed by atoms with Crippen LogP contribution < -0.4 is 5.73 Å². The van der Waals surface area contributed by atoms with Gasteiger partial charge in [-0.1, -0.05) is 0 Å². The minimum Gasteiger partial charge on any atom is -0.399 e. The average molecular weight is 315 g/mol. The van der Waals surface area contributed by atoms with Crippen LogP contribution in [0.3, 0.4) is 0 Å². The monoisotopic (exact) mass is 315 g/mol. The van der Waals surface area contributed by atoms with Crippen molar-refractivity contribution in [3.05, 3.63) is 28.3 Å². The van der Waals surface area contributed by atoms with Crippen LogP contribution >= 0.6 is 0 Å². The number of nitro benzene ring substituents is 1. The lowest BCUT2D eigenvalue weighted by Crippen LogP contribution is -2.55. The van der Waals surface area contributed by atoms with Crippen LogP contribution in [-0.4, -0.2) is 42.9 Å². The van der Waals surface area contributed by atoms with Gasteiger partial charge in [0.2, 0.25) is 0 Å². The zero-order chi connectivity index (χ0) is 15.8. The number of hydrogen-bond donors (Lipinski definition) is 1. The SMILES string of the molecule is CC1(C)COCCN1S(=O)(=O)c1ccc(N)cc1[N+](=O)[O-]. The number of benzene rings is 1. The molecule has 8 nitrogen and oxygen atoms in total. The average Bonchev–Trinajstić information content (AvgIpc) is 2.37. The minimum absolute atomic E-state index is 0.141. The Kier molecular flexibility index (Phi) is 3.91. The summed E-state index contributed by atoms with van der Waals surface area (Å²) < 4.78 is 32.1. The highest BCUT2D eigenvalue weighted by Crippen LogP contribution is 2.33. The molecule has 0 bridgehead atoms. The van der Waals surface area contributed by atoms with E-state index in [1.54, 1.807) is 13.8 Å². The maximum Gasteiger partial charge on any atom is 0.291 e. The summed E-state index contributed by atoms with van der Waals surface area (Å²) in [6.45, 7) is 4.07. The van der Waals surface area contributed by atoms with E-state index in [-0.39, 0.29) is 30.3 Å². The highest BCUT2D eigenvalue weighted by atomic mass is 32.2. The maximum atomic E-state index is 12.8. The normalized spacial score (nSPS) is 19.3. The summed E-state index contributed by atoms with van der Waals surface area (Å²) in [5.41, 5.74) is 4.36. The van der Waals surface area contributed by atoms with E-state index in [2.05, 4.69) is 0 Å². The molecule has 0 amide bonds. The Morgan fingerprint density at radius 1 is 1.43 bits per heavy atom. The van der Waals surface area contributed by atoms with E-state index in [0.717, 1.165) is 6.07 Å². The Balaban J connectivity index is 2.57. The van der Waals surface area contributed by atoms with Gasteiger partial charge in [0.05, 0.1) is 23.7 Å². The number of rotatable bonds is 3. The molecule has 1 aliphatic heterocycles. The van der Waals surface area contributed by atoms with Gasteiger partial charge in [-0.25, -0.2) is 8.42 Å². The molecule has 9 heteroatoms. The van der Waals surface area contributed by atoms with Gasteiger partial charge in [-0.15, -0.1) is 0 Å². The number of morpholine rings is 1. The molecular formula is C12H17N3O5S. The summed E-state index contributed by atoms with van der Waals surface area (Å²) in [7, 11) is -4.01. The van der Waals surface area contributed by atoms with Gasteiger partial charge in [0, 0.05) is 18.3 Å². The van der Waals surface area contributed by atoms with Crippen LogP contribution in [0.5, 0.6) is 0 Å². The number of nitrogens with two attached hydrogens (primary N) is 1. The van der Waals surface area contributed by atoms with Gasteiger partial charge in [0.25, 0.3) is 15.7 Å². The molecule has 1 aromatic rings. The Bertz CT molecular complexity index is 671. The number of hydrogen-bond acceptors (Lipinski definition) is 6. The third kappa shape index (κ3) is 2.85. The molecule has 1 aromatic carbocycles. The summed E-state index contributed by atoms with van der Waals surface area (Å²) in [5.74, 6) is 0. The number of nitrogens with zero attached hydrogens (tertiary/aromatic N) is 2. The van der Waals surface area contributed by atoms with Crippen molar-refractivity contribution in [2.75, 3.05) is 25.5 Å². The fourth-order valence-corrected chi connectivity index (χ4v) is 4.20. The molecule has 21 heavy (non-hydrogen) atoms. The molecular weight excluding hydrogens is 298 g/mol. The number of ether oxygens (including phenoxy) is 1. The van der Waals surface area contributed by atoms with E-state index in [0.29, 0.717) is 0 Å². The van der Waals surface area contributed by atoms with E-state index in [1.165, 1.54) is 16.4 Å². The van der Waals surface area contributed by atoms with Crippen molar-refractivity contribution in [1.82, 2.24) is 4.31 Å². The van der Waals surface area contributed by atoms with Crippen molar-refractivity contribution in [3.8, 4) is 0 Å². The van der Waals surface area contributed by atoms with E-state index in [9.17, 15) is 18.5 Å². The lowest BCUT2D eigenvalue weighted by Gasteiger charge is -2.40. The third-order valence-corrected chi connectivity index (χ3v) is 5.48. The van der Waals surface area contributed by atoms with E-state index in [1.807, 2.05) is 0 Å². The van der Waals surface area contributed by atoms with Crippen molar-refractivity contribution >= 4 is 21.4 Å². The smallest absolute Gasteiger partial charge is 0.291 e. The van der Waals surface area contributed by atoms with Crippen LogP contribution in [-0.2, 0) is 14.8 Å². The summed E-state index contributed by atoms with van der Waals surface area (Å²) in [6, 6.07) is 3.57. The largest absolute Gasteiger partial charge is 0.399 e. The first-order chi connectivity index (χ1) is 9.66. The van der Waals surface area contributed by atoms with Gasteiger partial charge in [0.1, 0.15) is 0 Å². The number of sulfonamides is 1. The van der Waals surface area contributed by atoms with E-state index >= 15 is 0 Å². The first-order valence-corrected chi connectivity index (χ1v) is 7.75. The van der Waals surface area contributed by atoms with Crippen molar-refractivity contribution in [3.63, 3.8) is 0 Å². The minimum atomic E-state index is -4.01. The molecule has 0 unspecified atom stereocenters. The van der Waals surface area contributed by atoms with Crippen LogP contribution in [0.4, 0.5) is 11.4 Å². The van der Waals surface area contributed by atoms with Crippen molar-refractivity contribution in [2.24, 2.45) is 0 Å². The lowest BCUT2D eigenvalue weighted by atomic mass is 10.1. The van der Waals surface area contributed by atoms with Gasteiger partial charge in [-0.2, -0.15) is 4.31 Å². The molecule has 1 fully saturated rings. The van der Waals surface area contributed by atoms with Gasteiger partial charge < -0.3 is 10.5 Å². The quantitative estimate of drug-likeness (QED) is 0.505. The van der Waals surface area contributed by atoms with E-state index in [4.69, 9.17) is 10.5 Å². The molecule has 0 aliphatic carbocycles. The molecule has 0 spiro atoms. The predicted octanol–water partition coefficient (Wildman–Crippen LogP) is 0.976. The molecule has 0 saturated carbocycles. The van der Waals surface area contributed by atoms with Crippen molar-refractivity contribution in [1.29, 1.82) is 0 Å². The fraction of sp³-hybridized carbons (Fsp3) is 0.500. The summed E-state index contributed by atoms with van der Waals surface area (Å²) >= 11 is 0. The number of nitrogen functional groups attached to an aromatic ring is 1. The second-order valence-electron chi connectivity index (χ2n) is 5.43. The van der Waals surface area contributed by atoms with Crippen LogP contribution in [0, 0.1) is 10.1 Å². The first kappa shape index (κ1) is 15.7. The van der Waals surface area contributed by atoms with Crippen LogP contribution in [0.25, 0.3) is 0 Å². The molecule has 2 rings (SSSR count). The first-order valence-electron chi connectivity index (χ1n) is 6.31. The molecule has 2 N–H and O–H groups in total. The van der Waals surface area contributed by atoms with Gasteiger partial charge in [0.15, 0.2) is 4.90 Å². The fourth-order valence-electron chi connectivity index (χ4n) is 2.30. The summed E-state index contributed by atoms with van der Waals surface area (Å²) in [6.07, 6.45) is 0. The molecule has 1 saturated heterocycles. The standard InChI is InChI=1S/C12H17N3O5S/c1-12(2)8-20-6-5-14(12)21(18,19)11-4-3-9(13)7-10(11)15(16)17/h3-4,7H,5-6,8,13H2,1-2H3. The Morgan fingerprint density at radius 3 is 2.67 bits per heavy atom. The third-order valence-electron chi connectivity index (χ3n) is 3.32. The van der Waals surface area contributed by atoms with Gasteiger partial charge >= 0.3 is 0 Å². The highest BCUT2D eigenvalue weighted by molar-refractivity contribution is 7.89. The molecule has 0 aromatic heterocycles. The topological polar surface area (TPSA) is 116 Å². The molecule has 1 aliphatic rings. The summed E-state index contributed by atoms with van der Waals surface area (Å²) in [5, 5.41) is 11.1. The summed E-state index contributed by atoms with van der Waals surface area (Å²) in [4.78, 5) is 10.0. The second-order valence-corrected chi connectivity index (χ2v) is 7.26. The number of nitro groups is 1. The Hall–Kier alpha value is -1.71. The van der Waals surface area contributed by atoms with Crippen LogP contribution in [0.2, 0.25) is 0 Å². The van der Waals surface area contributed by atoms with Gasteiger partial charge in [-0.05, 0) is 26.0 Å².